The summed E-state index contributed by atoms with van der Waals surface area (Å²) in [5.74, 6) is -0.471. The lowest BCUT2D eigenvalue weighted by atomic mass is 10.1. The molecule has 196 valence electrons. The minimum Gasteiger partial charge on any atom is -0.377 e. The predicted molar refractivity (Wildman–Crippen MR) is 136 cm³/mol. The van der Waals surface area contributed by atoms with Gasteiger partial charge in [0.15, 0.2) is 0 Å². The third-order valence-corrected chi connectivity index (χ3v) is 10.5. The number of hydrogen-bond donors (Lipinski definition) is 1. The lowest BCUT2D eigenvalue weighted by Gasteiger charge is -2.32. The Bertz CT molecular complexity index is 1240. The van der Waals surface area contributed by atoms with Gasteiger partial charge in [-0.3, -0.25) is 4.79 Å². The van der Waals surface area contributed by atoms with Crippen LogP contribution in [0.25, 0.3) is 0 Å². The first kappa shape index (κ1) is 26.7. The molecule has 1 amide bonds. The summed E-state index contributed by atoms with van der Waals surface area (Å²) in [6.07, 6.45) is 3.83. The first-order chi connectivity index (χ1) is 17.2. The number of benzene rings is 2. The largest absolute Gasteiger partial charge is 0.377 e. The molecule has 0 radical (unpaired) electrons. The van der Waals surface area contributed by atoms with Crippen molar-refractivity contribution in [3.05, 3.63) is 54.6 Å². The number of piperidine rings is 1. The number of hydrogen-bond acceptors (Lipinski definition) is 6. The maximum atomic E-state index is 13.6. The number of sulfonamides is 2. The van der Waals surface area contributed by atoms with Crippen LogP contribution in [0.2, 0.25) is 0 Å². The molecule has 11 heteroatoms. The van der Waals surface area contributed by atoms with Crippen LogP contribution in [0.5, 0.6) is 0 Å². The SMILES string of the molecule is CC1CCCCN1S(=O)(=O)c1ccc(S(=O)(=O)N(CC(=O)Nc2ccccc2)CC2CCCO2)cc1. The second-order valence-corrected chi connectivity index (χ2v) is 13.1. The molecule has 0 saturated carbocycles. The van der Waals surface area contributed by atoms with Gasteiger partial charge >= 0.3 is 0 Å². The Balaban J connectivity index is 1.55. The summed E-state index contributed by atoms with van der Waals surface area (Å²) in [6.45, 7) is 2.54. The van der Waals surface area contributed by atoms with E-state index in [4.69, 9.17) is 4.74 Å². The molecule has 0 bridgehead atoms. The predicted octanol–water partition coefficient (Wildman–Crippen LogP) is 3.06. The van der Waals surface area contributed by atoms with Crippen LogP contribution in [0.4, 0.5) is 5.69 Å². The first-order valence-corrected chi connectivity index (χ1v) is 15.1. The van der Waals surface area contributed by atoms with E-state index < -0.39 is 26.0 Å². The number of rotatable bonds is 9. The quantitative estimate of drug-likeness (QED) is 0.528. The third-order valence-electron chi connectivity index (χ3n) is 6.62. The summed E-state index contributed by atoms with van der Waals surface area (Å²) < 4.78 is 61.6. The van der Waals surface area contributed by atoms with Gasteiger partial charge in [0.25, 0.3) is 0 Å². The highest BCUT2D eigenvalue weighted by molar-refractivity contribution is 7.89. The molecule has 0 aliphatic carbocycles. The first-order valence-electron chi connectivity index (χ1n) is 12.3. The Morgan fingerprint density at radius 2 is 1.67 bits per heavy atom. The molecule has 36 heavy (non-hydrogen) atoms. The van der Waals surface area contributed by atoms with E-state index in [0.717, 1.165) is 30.0 Å². The number of para-hydroxylation sites is 1. The summed E-state index contributed by atoms with van der Waals surface area (Å²) in [5.41, 5.74) is 0.568. The molecule has 2 saturated heterocycles. The monoisotopic (exact) mass is 535 g/mol. The van der Waals surface area contributed by atoms with Crippen molar-refractivity contribution in [1.29, 1.82) is 0 Å². The van der Waals surface area contributed by atoms with Crippen LogP contribution in [0.3, 0.4) is 0 Å². The van der Waals surface area contributed by atoms with Gasteiger partial charge in [-0.15, -0.1) is 0 Å². The molecule has 4 rings (SSSR count). The van der Waals surface area contributed by atoms with Crippen molar-refractivity contribution in [1.82, 2.24) is 8.61 Å². The van der Waals surface area contributed by atoms with E-state index in [1.165, 1.54) is 28.6 Å². The van der Waals surface area contributed by atoms with Crippen LogP contribution in [0.1, 0.15) is 39.0 Å². The lowest BCUT2D eigenvalue weighted by molar-refractivity contribution is -0.116. The van der Waals surface area contributed by atoms with Gasteiger partial charge in [-0.25, -0.2) is 16.8 Å². The fraction of sp³-hybridized carbons (Fsp3) is 0.480. The van der Waals surface area contributed by atoms with Gasteiger partial charge < -0.3 is 10.1 Å². The second-order valence-electron chi connectivity index (χ2n) is 9.28. The van der Waals surface area contributed by atoms with Gasteiger partial charge in [0, 0.05) is 31.4 Å². The number of ether oxygens (including phenoxy) is 1. The Morgan fingerprint density at radius 1 is 0.972 bits per heavy atom. The molecule has 2 aromatic carbocycles. The molecular formula is C25H33N3O6S2. The topological polar surface area (TPSA) is 113 Å². The summed E-state index contributed by atoms with van der Waals surface area (Å²) >= 11 is 0. The molecule has 0 aromatic heterocycles. The van der Waals surface area contributed by atoms with Crippen LogP contribution < -0.4 is 5.32 Å². The summed E-state index contributed by atoms with van der Waals surface area (Å²) in [7, 11) is -7.81. The molecule has 2 atom stereocenters. The highest BCUT2D eigenvalue weighted by atomic mass is 32.2. The van der Waals surface area contributed by atoms with Gasteiger partial charge in [0.2, 0.25) is 26.0 Å². The Morgan fingerprint density at radius 3 is 2.31 bits per heavy atom. The molecular weight excluding hydrogens is 502 g/mol. The molecule has 2 aliphatic heterocycles. The van der Waals surface area contributed by atoms with E-state index in [2.05, 4.69) is 5.32 Å². The van der Waals surface area contributed by atoms with E-state index in [-0.39, 0.29) is 35.0 Å². The maximum absolute atomic E-state index is 13.6. The average Bonchev–Trinajstić information content (AvgIpc) is 3.38. The highest BCUT2D eigenvalue weighted by Gasteiger charge is 2.33. The van der Waals surface area contributed by atoms with E-state index in [1.807, 2.05) is 13.0 Å². The summed E-state index contributed by atoms with van der Waals surface area (Å²) in [5, 5.41) is 2.72. The van der Waals surface area contributed by atoms with Gasteiger partial charge in [-0.1, -0.05) is 24.6 Å². The van der Waals surface area contributed by atoms with E-state index in [9.17, 15) is 21.6 Å². The zero-order valence-electron chi connectivity index (χ0n) is 20.4. The van der Waals surface area contributed by atoms with Crippen molar-refractivity contribution in [2.45, 2.75) is 61.0 Å². The highest BCUT2D eigenvalue weighted by Crippen LogP contribution is 2.27. The van der Waals surface area contributed by atoms with E-state index >= 15 is 0 Å². The normalized spacial score (nSPS) is 21.5. The number of nitrogens with one attached hydrogen (secondary N) is 1. The standard InChI is InChI=1S/C25H33N3O6S2/c1-20-8-5-6-16-28(20)36(32,33)24-14-12-23(13-15-24)35(30,31)27(18-22-11-7-17-34-22)19-25(29)26-21-9-3-2-4-10-21/h2-4,9-10,12-15,20,22H,5-8,11,16-19H2,1H3,(H,26,29). The van der Waals surface area contributed by atoms with Crippen molar-refractivity contribution in [2.24, 2.45) is 0 Å². The minimum absolute atomic E-state index is 0.0376. The van der Waals surface area contributed by atoms with Crippen molar-refractivity contribution >= 4 is 31.6 Å². The average molecular weight is 536 g/mol. The number of nitrogens with zero attached hydrogens (tertiary/aromatic N) is 2. The van der Waals surface area contributed by atoms with Crippen LogP contribution in [-0.2, 0) is 29.6 Å². The van der Waals surface area contributed by atoms with Crippen molar-refractivity contribution in [2.75, 3.05) is 31.6 Å². The molecule has 9 nitrogen and oxygen atoms in total. The number of amides is 1. The van der Waals surface area contributed by atoms with E-state index in [0.29, 0.717) is 25.3 Å². The second kappa shape index (κ2) is 11.4. The van der Waals surface area contributed by atoms with Crippen molar-refractivity contribution < 1.29 is 26.4 Å². The Kier molecular flexibility index (Phi) is 8.46. The molecule has 2 unspecified atom stereocenters. The fourth-order valence-corrected chi connectivity index (χ4v) is 7.77. The minimum atomic E-state index is -4.09. The van der Waals surface area contributed by atoms with Crippen molar-refractivity contribution in [3.63, 3.8) is 0 Å². The Hall–Kier alpha value is -2.31. The molecule has 1 N–H and O–H groups in total. The van der Waals surface area contributed by atoms with Crippen LogP contribution in [0, 0.1) is 0 Å². The Labute approximate surface area is 213 Å². The van der Waals surface area contributed by atoms with Gasteiger partial charge in [-0.2, -0.15) is 8.61 Å². The number of carbonyl (C=O) groups excluding carboxylic acids is 1. The molecule has 2 heterocycles. The number of anilines is 1. The summed E-state index contributed by atoms with van der Waals surface area (Å²) in [6, 6.07) is 14.0. The van der Waals surface area contributed by atoms with Gasteiger partial charge in [0.1, 0.15) is 0 Å². The smallest absolute Gasteiger partial charge is 0.243 e. The van der Waals surface area contributed by atoms with E-state index in [1.54, 1.807) is 24.3 Å². The van der Waals surface area contributed by atoms with Crippen LogP contribution in [0.15, 0.2) is 64.4 Å². The van der Waals surface area contributed by atoms with Gasteiger partial charge in [0.05, 0.1) is 22.4 Å². The van der Waals surface area contributed by atoms with Gasteiger partial charge in [-0.05, 0) is 69.0 Å². The maximum Gasteiger partial charge on any atom is 0.243 e. The molecule has 2 aromatic rings. The molecule has 2 fully saturated rings. The number of carbonyl (C=O) groups is 1. The zero-order valence-corrected chi connectivity index (χ0v) is 22.0. The van der Waals surface area contributed by atoms with Crippen LogP contribution >= 0.6 is 0 Å². The molecule has 2 aliphatic rings. The summed E-state index contributed by atoms with van der Waals surface area (Å²) in [4.78, 5) is 12.7. The fourth-order valence-electron chi connectivity index (χ4n) is 4.64. The van der Waals surface area contributed by atoms with Crippen LogP contribution in [-0.4, -0.2) is 69.7 Å². The lowest BCUT2D eigenvalue weighted by Crippen LogP contribution is -2.42. The molecule has 0 spiro atoms. The third kappa shape index (κ3) is 6.15. The van der Waals surface area contributed by atoms with Crippen molar-refractivity contribution in [3.8, 4) is 0 Å². The zero-order chi connectivity index (χ0) is 25.8.